The lowest BCUT2D eigenvalue weighted by Crippen LogP contribution is -2.12. The predicted molar refractivity (Wildman–Crippen MR) is 88.6 cm³/mol. The summed E-state index contributed by atoms with van der Waals surface area (Å²) in [5.74, 6) is -1.83. The Balaban J connectivity index is 2.77. The third kappa shape index (κ3) is 3.98. The lowest BCUT2D eigenvalue weighted by molar-refractivity contribution is -0.386. The molecule has 0 aliphatic heterocycles. The topological polar surface area (TPSA) is 120 Å². The van der Waals surface area contributed by atoms with E-state index in [0.29, 0.717) is 0 Å². The molecule has 0 amide bonds. The fourth-order valence-corrected chi connectivity index (χ4v) is 2.57. The van der Waals surface area contributed by atoms with Gasteiger partial charge in [-0.2, -0.15) is 18.4 Å². The second kappa shape index (κ2) is 6.95. The van der Waals surface area contributed by atoms with E-state index in [9.17, 15) is 38.8 Å². The van der Waals surface area contributed by atoms with Crippen molar-refractivity contribution in [2.45, 2.75) is 20.0 Å². The first-order chi connectivity index (χ1) is 12.5. The summed E-state index contributed by atoms with van der Waals surface area (Å²) in [7, 11) is 0. The molecule has 0 fully saturated rings. The maximum absolute atomic E-state index is 13.4. The average Bonchev–Trinajstić information content (AvgIpc) is 2.54. The molecule has 0 aliphatic carbocycles. The minimum atomic E-state index is -4.76. The molecule has 0 aliphatic rings. The van der Waals surface area contributed by atoms with Crippen molar-refractivity contribution in [1.82, 2.24) is 4.98 Å². The van der Waals surface area contributed by atoms with E-state index in [-0.39, 0.29) is 17.0 Å². The number of nitro groups is 1. The summed E-state index contributed by atoms with van der Waals surface area (Å²) in [6, 6.07) is 4.15. The Kier molecular flexibility index (Phi) is 5.07. The first-order valence-electron chi connectivity index (χ1n) is 7.33. The number of hydrogen-bond acceptors (Lipinski definition) is 6. The molecule has 2 N–H and O–H groups in total. The zero-order chi connectivity index (χ0) is 20.5. The van der Waals surface area contributed by atoms with Crippen molar-refractivity contribution in [3.63, 3.8) is 0 Å². The van der Waals surface area contributed by atoms with Gasteiger partial charge in [-0.15, -0.1) is 0 Å². The summed E-state index contributed by atoms with van der Waals surface area (Å²) >= 11 is 0. The van der Waals surface area contributed by atoms with E-state index >= 15 is 0 Å². The zero-order valence-electron chi connectivity index (χ0n) is 14.0. The Morgan fingerprint density at radius 3 is 2.44 bits per heavy atom. The van der Waals surface area contributed by atoms with Crippen molar-refractivity contribution in [2.24, 2.45) is 0 Å². The summed E-state index contributed by atoms with van der Waals surface area (Å²) in [6.07, 6.45) is -3.81. The molecule has 0 radical (unpaired) electrons. The van der Waals surface area contributed by atoms with Crippen LogP contribution in [-0.2, 0) is 6.18 Å². The largest absolute Gasteiger partial charge is 0.504 e. The summed E-state index contributed by atoms with van der Waals surface area (Å²) in [5, 5.41) is 39.4. The van der Waals surface area contributed by atoms with Gasteiger partial charge in [-0.05, 0) is 37.6 Å². The minimum absolute atomic E-state index is 0.0485. The van der Waals surface area contributed by atoms with E-state index in [1.165, 1.54) is 13.8 Å². The molecule has 0 unspecified atom stereocenters. The quantitative estimate of drug-likeness (QED) is 0.358. The van der Waals surface area contributed by atoms with Crippen LogP contribution in [0.25, 0.3) is 11.6 Å². The number of aromatic hydroxyl groups is 2. The first-order valence-corrected chi connectivity index (χ1v) is 7.33. The molecule has 0 saturated carbocycles. The molecule has 1 aromatic heterocycles. The molecular weight excluding hydrogens is 367 g/mol. The van der Waals surface area contributed by atoms with E-state index in [4.69, 9.17) is 0 Å². The van der Waals surface area contributed by atoms with E-state index in [2.05, 4.69) is 4.98 Å². The maximum atomic E-state index is 13.4. The number of phenols is 2. The lowest BCUT2D eigenvalue weighted by Gasteiger charge is -2.15. The smallest absolute Gasteiger partial charge is 0.417 e. The molecule has 2 rings (SSSR count). The van der Waals surface area contributed by atoms with Crippen LogP contribution in [0.15, 0.2) is 18.2 Å². The van der Waals surface area contributed by atoms with Crippen LogP contribution >= 0.6 is 0 Å². The van der Waals surface area contributed by atoms with Crippen LogP contribution in [0.1, 0.15) is 28.1 Å². The normalized spacial score (nSPS) is 11.9. The van der Waals surface area contributed by atoms with E-state index < -0.39 is 45.0 Å². The molecule has 0 bridgehead atoms. The van der Waals surface area contributed by atoms with E-state index in [1.807, 2.05) is 0 Å². The van der Waals surface area contributed by atoms with Crippen LogP contribution in [0, 0.1) is 35.3 Å². The summed E-state index contributed by atoms with van der Waals surface area (Å²) in [6.45, 7) is 2.68. The third-order valence-electron chi connectivity index (χ3n) is 3.62. The number of allylic oxidation sites excluding steroid dienone is 1. The molecule has 2 aromatic rings. The minimum Gasteiger partial charge on any atom is -0.504 e. The van der Waals surface area contributed by atoms with Gasteiger partial charge in [0.05, 0.1) is 22.1 Å². The zero-order valence-corrected chi connectivity index (χ0v) is 14.0. The second-order valence-corrected chi connectivity index (χ2v) is 5.60. The fraction of sp³-hybridized carbons (Fsp3) is 0.176. The number of aromatic nitrogens is 1. The summed E-state index contributed by atoms with van der Waals surface area (Å²) in [4.78, 5) is 13.9. The molecule has 27 heavy (non-hydrogen) atoms. The Morgan fingerprint density at radius 1 is 1.30 bits per heavy atom. The number of halogens is 3. The van der Waals surface area contributed by atoms with Gasteiger partial charge in [-0.1, -0.05) is 0 Å². The number of pyridine rings is 1. The Labute approximate surface area is 150 Å². The van der Waals surface area contributed by atoms with Crippen molar-refractivity contribution >= 4 is 17.3 Å². The maximum Gasteiger partial charge on any atom is 0.417 e. The van der Waals surface area contributed by atoms with Crippen LogP contribution in [0.3, 0.4) is 0 Å². The average molecular weight is 379 g/mol. The Hall–Kier alpha value is -3.61. The monoisotopic (exact) mass is 379 g/mol. The first kappa shape index (κ1) is 19.7. The highest BCUT2D eigenvalue weighted by atomic mass is 19.4. The molecule has 1 heterocycles. The molecule has 140 valence electrons. The van der Waals surface area contributed by atoms with Gasteiger partial charge in [0, 0.05) is 23.0 Å². The number of benzene rings is 1. The molecule has 7 nitrogen and oxygen atoms in total. The number of rotatable bonds is 3. The SMILES string of the molecule is Cc1cc(C(F)(F)F)c(/C(C#N)=C/c2cc(O)c(O)c([N+](=O)[O-])c2)c(C)n1. The predicted octanol–water partition coefficient (Wildman–Crippen LogP) is 4.10. The Morgan fingerprint density at radius 2 is 1.93 bits per heavy atom. The van der Waals surface area contributed by atoms with Gasteiger partial charge in [-0.25, -0.2) is 0 Å². The van der Waals surface area contributed by atoms with Gasteiger partial charge < -0.3 is 10.2 Å². The number of aryl methyl sites for hydroxylation is 2. The van der Waals surface area contributed by atoms with Crippen LogP contribution < -0.4 is 0 Å². The molecule has 10 heteroatoms. The van der Waals surface area contributed by atoms with E-state index in [0.717, 1.165) is 24.3 Å². The molecule has 0 atom stereocenters. The van der Waals surface area contributed by atoms with Crippen LogP contribution in [-0.4, -0.2) is 20.1 Å². The number of nitriles is 1. The fourth-order valence-electron chi connectivity index (χ4n) is 2.57. The van der Waals surface area contributed by atoms with Gasteiger partial charge in [-0.3, -0.25) is 15.1 Å². The Bertz CT molecular complexity index is 1010. The van der Waals surface area contributed by atoms with Crippen molar-refractivity contribution in [2.75, 3.05) is 0 Å². The van der Waals surface area contributed by atoms with Gasteiger partial charge in [0.15, 0.2) is 5.75 Å². The van der Waals surface area contributed by atoms with E-state index in [1.54, 1.807) is 6.07 Å². The molecule has 1 aromatic carbocycles. The van der Waals surface area contributed by atoms with Gasteiger partial charge in [0.25, 0.3) is 0 Å². The standard InChI is InChI=1S/C17H12F3N3O4/c1-8-3-12(17(18,19)20)15(9(2)22-8)11(7-21)4-10-5-13(23(26)27)16(25)14(24)6-10/h3-6,24-25H,1-2H3/b11-4+. The highest BCUT2D eigenvalue weighted by Gasteiger charge is 2.35. The highest BCUT2D eigenvalue weighted by Crippen LogP contribution is 2.39. The summed E-state index contributed by atoms with van der Waals surface area (Å²) in [5.41, 5.74) is -2.92. The molecular formula is C17H12F3N3O4. The van der Waals surface area contributed by atoms with Crippen LogP contribution in [0.4, 0.5) is 18.9 Å². The molecule has 0 saturated heterocycles. The van der Waals surface area contributed by atoms with Crippen LogP contribution in [0.5, 0.6) is 11.5 Å². The van der Waals surface area contributed by atoms with Gasteiger partial charge in [0.2, 0.25) is 5.75 Å². The van der Waals surface area contributed by atoms with Crippen molar-refractivity contribution in [3.05, 3.63) is 56.4 Å². The highest BCUT2D eigenvalue weighted by molar-refractivity contribution is 5.92. The number of hydrogen-bond donors (Lipinski definition) is 2. The van der Waals surface area contributed by atoms with Crippen LogP contribution in [0.2, 0.25) is 0 Å². The number of phenolic OH excluding ortho intramolecular Hbond substituents is 2. The van der Waals surface area contributed by atoms with Crippen molar-refractivity contribution in [1.29, 1.82) is 5.26 Å². The number of nitro benzene ring substituents is 1. The van der Waals surface area contributed by atoms with Crippen molar-refractivity contribution < 1.29 is 28.3 Å². The van der Waals surface area contributed by atoms with Gasteiger partial charge >= 0.3 is 11.9 Å². The lowest BCUT2D eigenvalue weighted by atomic mass is 9.96. The second-order valence-electron chi connectivity index (χ2n) is 5.60. The number of alkyl halides is 3. The summed E-state index contributed by atoms with van der Waals surface area (Å²) < 4.78 is 40.2. The number of nitrogens with zero attached hydrogens (tertiary/aromatic N) is 3. The van der Waals surface area contributed by atoms with Crippen molar-refractivity contribution in [3.8, 4) is 17.6 Å². The molecule has 0 spiro atoms. The third-order valence-corrected chi connectivity index (χ3v) is 3.62. The van der Waals surface area contributed by atoms with Gasteiger partial charge in [0.1, 0.15) is 0 Å².